The van der Waals surface area contributed by atoms with E-state index in [1.165, 1.54) is 13.3 Å². The molecule has 1 N–H and O–H groups in total. The Labute approximate surface area is 172 Å². The standard InChI is InChI=1S/C19H19Cl2N5O2/c1-4-16-14(10-22-26(16)17-7-8-18(28-3)25-24-17)19(27)23-11(2)13-6-5-12(20)9-15(13)21/h5-11H,4H2,1-3H3,(H,23,27). The number of rotatable bonds is 6. The van der Waals surface area contributed by atoms with Crippen LogP contribution >= 0.6 is 23.2 Å². The quantitative estimate of drug-likeness (QED) is 0.651. The van der Waals surface area contributed by atoms with E-state index in [9.17, 15) is 4.79 Å². The molecule has 0 spiro atoms. The number of carbonyl (C=O) groups is 1. The van der Waals surface area contributed by atoms with Gasteiger partial charge in [-0.25, -0.2) is 4.68 Å². The summed E-state index contributed by atoms with van der Waals surface area (Å²) in [5.41, 5.74) is 1.98. The van der Waals surface area contributed by atoms with Crippen molar-refractivity contribution in [1.29, 1.82) is 0 Å². The van der Waals surface area contributed by atoms with Crippen molar-refractivity contribution >= 4 is 29.1 Å². The molecule has 0 fully saturated rings. The Morgan fingerprint density at radius 2 is 2.04 bits per heavy atom. The van der Waals surface area contributed by atoms with Gasteiger partial charge in [0.1, 0.15) is 0 Å². The molecule has 9 heteroatoms. The summed E-state index contributed by atoms with van der Waals surface area (Å²) < 4.78 is 6.62. The highest BCUT2D eigenvalue weighted by Gasteiger charge is 2.20. The minimum absolute atomic E-state index is 0.247. The Hall–Kier alpha value is -2.64. The largest absolute Gasteiger partial charge is 0.480 e. The van der Waals surface area contributed by atoms with Crippen LogP contribution in [0.5, 0.6) is 5.88 Å². The van der Waals surface area contributed by atoms with Crippen LogP contribution < -0.4 is 10.1 Å². The molecule has 2 aromatic heterocycles. The van der Waals surface area contributed by atoms with Crippen LogP contribution in [0.2, 0.25) is 10.0 Å². The second-order valence-electron chi connectivity index (χ2n) is 6.07. The maximum atomic E-state index is 12.8. The third-order valence-corrected chi connectivity index (χ3v) is 4.84. The Balaban J connectivity index is 1.84. The van der Waals surface area contributed by atoms with Gasteiger partial charge in [-0.2, -0.15) is 5.10 Å². The molecule has 1 atom stereocenters. The van der Waals surface area contributed by atoms with Crippen LogP contribution in [0.25, 0.3) is 5.82 Å². The van der Waals surface area contributed by atoms with E-state index < -0.39 is 0 Å². The van der Waals surface area contributed by atoms with Gasteiger partial charge in [0.05, 0.1) is 30.6 Å². The average molecular weight is 420 g/mol. The first-order valence-electron chi connectivity index (χ1n) is 8.65. The van der Waals surface area contributed by atoms with Crippen molar-refractivity contribution in [3.8, 4) is 11.7 Å². The monoisotopic (exact) mass is 419 g/mol. The van der Waals surface area contributed by atoms with Crippen molar-refractivity contribution in [2.75, 3.05) is 7.11 Å². The number of amides is 1. The van der Waals surface area contributed by atoms with E-state index in [2.05, 4.69) is 20.6 Å². The van der Waals surface area contributed by atoms with Gasteiger partial charge in [0.2, 0.25) is 5.88 Å². The summed E-state index contributed by atoms with van der Waals surface area (Å²) in [6.07, 6.45) is 2.11. The lowest BCUT2D eigenvalue weighted by Crippen LogP contribution is -2.27. The van der Waals surface area contributed by atoms with E-state index in [4.69, 9.17) is 27.9 Å². The number of benzene rings is 1. The smallest absolute Gasteiger partial charge is 0.255 e. The van der Waals surface area contributed by atoms with E-state index in [1.807, 2.05) is 13.8 Å². The number of hydrogen-bond acceptors (Lipinski definition) is 5. The first-order chi connectivity index (χ1) is 13.4. The van der Waals surface area contributed by atoms with Gasteiger partial charge >= 0.3 is 0 Å². The summed E-state index contributed by atoms with van der Waals surface area (Å²) in [6.45, 7) is 3.80. The zero-order valence-corrected chi connectivity index (χ0v) is 17.1. The van der Waals surface area contributed by atoms with Gasteiger partial charge in [0, 0.05) is 16.1 Å². The fourth-order valence-corrected chi connectivity index (χ4v) is 3.41. The number of nitrogens with one attached hydrogen (secondary N) is 1. The van der Waals surface area contributed by atoms with Crippen molar-refractivity contribution in [2.24, 2.45) is 0 Å². The highest BCUT2D eigenvalue weighted by atomic mass is 35.5. The predicted molar refractivity (Wildman–Crippen MR) is 107 cm³/mol. The number of nitrogens with zero attached hydrogens (tertiary/aromatic N) is 4. The lowest BCUT2D eigenvalue weighted by atomic mass is 10.1. The van der Waals surface area contributed by atoms with Gasteiger partial charge in [-0.15, -0.1) is 10.2 Å². The number of halogens is 2. The molecule has 1 amide bonds. The molecular weight excluding hydrogens is 401 g/mol. The Morgan fingerprint density at radius 1 is 1.25 bits per heavy atom. The zero-order valence-electron chi connectivity index (χ0n) is 15.6. The van der Waals surface area contributed by atoms with Gasteiger partial charge in [-0.1, -0.05) is 36.2 Å². The van der Waals surface area contributed by atoms with Gasteiger partial charge in [0.25, 0.3) is 5.91 Å². The van der Waals surface area contributed by atoms with Crippen LogP contribution in [-0.2, 0) is 6.42 Å². The molecule has 146 valence electrons. The zero-order chi connectivity index (χ0) is 20.3. The third kappa shape index (κ3) is 4.10. The number of ether oxygens (including phenoxy) is 1. The topological polar surface area (TPSA) is 81.9 Å². The molecule has 0 aliphatic carbocycles. The van der Waals surface area contributed by atoms with Crippen LogP contribution in [0.4, 0.5) is 0 Å². The summed E-state index contributed by atoms with van der Waals surface area (Å²) in [6, 6.07) is 8.31. The highest BCUT2D eigenvalue weighted by Crippen LogP contribution is 2.26. The molecule has 0 bridgehead atoms. The third-order valence-electron chi connectivity index (χ3n) is 4.28. The first kappa shape index (κ1) is 20.1. The highest BCUT2D eigenvalue weighted by molar-refractivity contribution is 6.35. The van der Waals surface area contributed by atoms with Crippen molar-refractivity contribution in [1.82, 2.24) is 25.3 Å². The van der Waals surface area contributed by atoms with Gasteiger partial charge < -0.3 is 10.1 Å². The molecule has 3 rings (SSSR count). The fourth-order valence-electron chi connectivity index (χ4n) is 2.84. The molecule has 3 aromatic rings. The van der Waals surface area contributed by atoms with Crippen LogP contribution in [0.15, 0.2) is 36.5 Å². The molecule has 0 saturated carbocycles. The normalized spacial score (nSPS) is 11.9. The minimum Gasteiger partial charge on any atom is -0.480 e. The van der Waals surface area contributed by atoms with Crippen LogP contribution in [-0.4, -0.2) is 33.0 Å². The molecule has 0 aliphatic heterocycles. The van der Waals surface area contributed by atoms with E-state index >= 15 is 0 Å². The van der Waals surface area contributed by atoms with Crippen LogP contribution in [0.1, 0.15) is 41.5 Å². The average Bonchev–Trinajstić information content (AvgIpc) is 3.12. The van der Waals surface area contributed by atoms with E-state index in [1.54, 1.807) is 35.0 Å². The van der Waals surface area contributed by atoms with Crippen molar-refractivity contribution in [3.63, 3.8) is 0 Å². The molecule has 0 saturated heterocycles. The lowest BCUT2D eigenvalue weighted by molar-refractivity contribution is 0.0939. The summed E-state index contributed by atoms with van der Waals surface area (Å²) in [5.74, 6) is 0.661. The number of hydrogen-bond donors (Lipinski definition) is 1. The molecule has 0 radical (unpaired) electrons. The fraction of sp³-hybridized carbons (Fsp3) is 0.263. The second kappa shape index (κ2) is 8.58. The number of aromatic nitrogens is 4. The van der Waals surface area contributed by atoms with Gasteiger partial charge in [0.15, 0.2) is 5.82 Å². The van der Waals surface area contributed by atoms with Gasteiger partial charge in [-0.3, -0.25) is 4.79 Å². The molecule has 1 unspecified atom stereocenters. The molecule has 1 aromatic carbocycles. The lowest BCUT2D eigenvalue weighted by Gasteiger charge is -2.16. The SMILES string of the molecule is CCc1c(C(=O)NC(C)c2ccc(Cl)cc2Cl)cnn1-c1ccc(OC)nn1. The Morgan fingerprint density at radius 3 is 2.64 bits per heavy atom. The van der Waals surface area contributed by atoms with E-state index in [0.29, 0.717) is 33.7 Å². The van der Waals surface area contributed by atoms with Crippen molar-refractivity contribution < 1.29 is 9.53 Å². The Bertz CT molecular complexity index is 988. The number of methoxy groups -OCH3 is 1. The summed E-state index contributed by atoms with van der Waals surface area (Å²) >= 11 is 12.2. The molecule has 28 heavy (non-hydrogen) atoms. The van der Waals surface area contributed by atoms with Crippen LogP contribution in [0.3, 0.4) is 0 Å². The van der Waals surface area contributed by atoms with Crippen molar-refractivity contribution in [2.45, 2.75) is 26.3 Å². The van der Waals surface area contributed by atoms with Crippen LogP contribution in [0, 0.1) is 0 Å². The summed E-state index contributed by atoms with van der Waals surface area (Å²) in [7, 11) is 1.52. The Kier molecular flexibility index (Phi) is 6.16. The maximum Gasteiger partial charge on any atom is 0.255 e. The second-order valence-corrected chi connectivity index (χ2v) is 6.91. The minimum atomic E-state index is -0.300. The summed E-state index contributed by atoms with van der Waals surface area (Å²) in [4.78, 5) is 12.8. The van der Waals surface area contributed by atoms with Gasteiger partial charge in [-0.05, 0) is 37.1 Å². The van der Waals surface area contributed by atoms with E-state index in [0.717, 1.165) is 11.3 Å². The van der Waals surface area contributed by atoms with Crippen molar-refractivity contribution in [3.05, 3.63) is 63.4 Å². The summed E-state index contributed by atoms with van der Waals surface area (Å²) in [5, 5.41) is 16.4. The molecule has 7 nitrogen and oxygen atoms in total. The number of carbonyl (C=O) groups excluding carboxylic acids is 1. The van der Waals surface area contributed by atoms with E-state index in [-0.39, 0.29) is 11.9 Å². The molecule has 2 heterocycles. The maximum absolute atomic E-state index is 12.8. The molecular formula is C19H19Cl2N5O2. The first-order valence-corrected chi connectivity index (χ1v) is 9.41. The predicted octanol–water partition coefficient (Wildman–Crippen LogP) is 4.03. The molecule has 0 aliphatic rings.